The van der Waals surface area contributed by atoms with E-state index in [1.165, 1.54) is 0 Å². The molecule has 0 spiro atoms. The van der Waals surface area contributed by atoms with Crippen LogP contribution in [0.15, 0.2) is 30.3 Å². The van der Waals surface area contributed by atoms with Crippen molar-refractivity contribution in [3.05, 3.63) is 51.5 Å². The molecule has 21 heavy (non-hydrogen) atoms. The fraction of sp³-hybridized carbons (Fsp3) is 0.250. The van der Waals surface area contributed by atoms with Crippen LogP contribution < -0.4 is 14.8 Å². The SMILES string of the molecule is COc1cc(NCc2ccc(C)cc2Cl)c(OC)cc1Cl. The van der Waals surface area contributed by atoms with Gasteiger partial charge in [-0.05, 0) is 24.1 Å². The summed E-state index contributed by atoms with van der Waals surface area (Å²) in [6.07, 6.45) is 0. The van der Waals surface area contributed by atoms with Crippen LogP contribution in [0.25, 0.3) is 0 Å². The number of hydrogen-bond acceptors (Lipinski definition) is 3. The lowest BCUT2D eigenvalue weighted by Gasteiger charge is -2.14. The summed E-state index contributed by atoms with van der Waals surface area (Å²) in [7, 11) is 3.18. The molecule has 5 heteroatoms. The van der Waals surface area contributed by atoms with Gasteiger partial charge in [0, 0.05) is 23.7 Å². The molecule has 0 atom stereocenters. The van der Waals surface area contributed by atoms with E-state index in [-0.39, 0.29) is 0 Å². The van der Waals surface area contributed by atoms with Crippen LogP contribution >= 0.6 is 23.2 Å². The molecule has 2 aromatic carbocycles. The Hall–Kier alpha value is -1.58. The molecule has 112 valence electrons. The second-order valence-corrected chi connectivity index (χ2v) is 5.45. The van der Waals surface area contributed by atoms with E-state index in [9.17, 15) is 0 Å². The molecule has 0 heterocycles. The van der Waals surface area contributed by atoms with E-state index in [4.69, 9.17) is 32.7 Å². The summed E-state index contributed by atoms with van der Waals surface area (Å²) >= 11 is 12.3. The smallest absolute Gasteiger partial charge is 0.143 e. The van der Waals surface area contributed by atoms with E-state index < -0.39 is 0 Å². The van der Waals surface area contributed by atoms with Crippen molar-refractivity contribution < 1.29 is 9.47 Å². The monoisotopic (exact) mass is 325 g/mol. The van der Waals surface area contributed by atoms with Crippen LogP contribution in [0.3, 0.4) is 0 Å². The fourth-order valence-corrected chi connectivity index (χ4v) is 2.52. The zero-order chi connectivity index (χ0) is 15.4. The molecule has 1 N–H and O–H groups in total. The Kier molecular flexibility index (Phi) is 5.21. The van der Waals surface area contributed by atoms with Gasteiger partial charge in [-0.1, -0.05) is 35.3 Å². The highest BCUT2D eigenvalue weighted by Crippen LogP contribution is 2.36. The maximum Gasteiger partial charge on any atom is 0.143 e. The molecule has 0 amide bonds. The largest absolute Gasteiger partial charge is 0.495 e. The van der Waals surface area contributed by atoms with Crippen molar-refractivity contribution in [1.82, 2.24) is 0 Å². The Bertz CT molecular complexity index is 644. The van der Waals surface area contributed by atoms with Crippen molar-refractivity contribution in [1.29, 1.82) is 0 Å². The van der Waals surface area contributed by atoms with E-state index >= 15 is 0 Å². The molecule has 0 saturated heterocycles. The first kappa shape index (κ1) is 15.8. The minimum Gasteiger partial charge on any atom is -0.495 e. The molecule has 0 bridgehead atoms. The maximum absolute atomic E-state index is 6.24. The number of halogens is 2. The third-order valence-corrected chi connectivity index (χ3v) is 3.80. The molecule has 0 aliphatic heterocycles. The number of methoxy groups -OCH3 is 2. The van der Waals surface area contributed by atoms with Crippen molar-refractivity contribution in [2.75, 3.05) is 19.5 Å². The first-order valence-corrected chi connectivity index (χ1v) is 7.21. The molecule has 3 nitrogen and oxygen atoms in total. The van der Waals surface area contributed by atoms with Gasteiger partial charge >= 0.3 is 0 Å². The molecular weight excluding hydrogens is 309 g/mol. The second kappa shape index (κ2) is 6.92. The zero-order valence-electron chi connectivity index (χ0n) is 12.2. The maximum atomic E-state index is 6.24. The lowest BCUT2D eigenvalue weighted by Crippen LogP contribution is -2.03. The van der Waals surface area contributed by atoms with Gasteiger partial charge in [0.05, 0.1) is 24.9 Å². The molecule has 0 aliphatic carbocycles. The fourth-order valence-electron chi connectivity index (χ4n) is 1.98. The first-order valence-electron chi connectivity index (χ1n) is 6.45. The predicted octanol–water partition coefficient (Wildman–Crippen LogP) is 4.93. The third kappa shape index (κ3) is 3.74. The molecule has 0 radical (unpaired) electrons. The van der Waals surface area contributed by atoms with Crippen molar-refractivity contribution in [3.63, 3.8) is 0 Å². The van der Waals surface area contributed by atoms with E-state index in [0.717, 1.165) is 21.8 Å². The van der Waals surface area contributed by atoms with Gasteiger partial charge in [0.1, 0.15) is 11.5 Å². The molecular formula is C16H17Cl2NO2. The number of hydrogen-bond donors (Lipinski definition) is 1. The minimum absolute atomic E-state index is 0.508. The van der Waals surface area contributed by atoms with Gasteiger partial charge in [-0.2, -0.15) is 0 Å². The van der Waals surface area contributed by atoms with Crippen LogP contribution in [-0.2, 0) is 6.54 Å². The topological polar surface area (TPSA) is 30.5 Å². The van der Waals surface area contributed by atoms with E-state index in [0.29, 0.717) is 23.1 Å². The number of rotatable bonds is 5. The summed E-state index contributed by atoms with van der Waals surface area (Å²) in [5.41, 5.74) is 2.95. The van der Waals surface area contributed by atoms with Gasteiger partial charge < -0.3 is 14.8 Å². The van der Waals surface area contributed by atoms with Crippen LogP contribution in [0.5, 0.6) is 11.5 Å². The Balaban J connectivity index is 2.22. The van der Waals surface area contributed by atoms with Gasteiger partial charge in [0.15, 0.2) is 0 Å². The normalized spacial score (nSPS) is 10.3. The highest BCUT2D eigenvalue weighted by atomic mass is 35.5. The number of benzene rings is 2. The van der Waals surface area contributed by atoms with Crippen LogP contribution in [-0.4, -0.2) is 14.2 Å². The molecule has 0 saturated carbocycles. The van der Waals surface area contributed by atoms with Crippen LogP contribution in [0.1, 0.15) is 11.1 Å². The van der Waals surface area contributed by atoms with Crippen molar-refractivity contribution in [2.45, 2.75) is 13.5 Å². The van der Waals surface area contributed by atoms with E-state index in [2.05, 4.69) is 5.32 Å². The molecule has 0 fully saturated rings. The highest BCUT2D eigenvalue weighted by molar-refractivity contribution is 6.32. The summed E-state index contributed by atoms with van der Waals surface area (Å²) in [6, 6.07) is 9.51. The summed E-state index contributed by atoms with van der Waals surface area (Å²) in [5, 5.41) is 4.54. The predicted molar refractivity (Wildman–Crippen MR) is 88.1 cm³/mol. The van der Waals surface area contributed by atoms with Crippen molar-refractivity contribution >= 4 is 28.9 Å². The van der Waals surface area contributed by atoms with Crippen molar-refractivity contribution in [3.8, 4) is 11.5 Å². The lowest BCUT2D eigenvalue weighted by molar-refractivity contribution is 0.404. The van der Waals surface area contributed by atoms with Gasteiger partial charge in [0.25, 0.3) is 0 Å². The van der Waals surface area contributed by atoms with Crippen LogP contribution in [0.4, 0.5) is 5.69 Å². The Morgan fingerprint density at radius 3 is 2.29 bits per heavy atom. The average Bonchev–Trinajstić information content (AvgIpc) is 2.47. The highest BCUT2D eigenvalue weighted by Gasteiger charge is 2.10. The van der Waals surface area contributed by atoms with E-state index in [1.807, 2.05) is 31.2 Å². The summed E-state index contributed by atoms with van der Waals surface area (Å²) in [6.45, 7) is 2.59. The quantitative estimate of drug-likeness (QED) is 0.845. The lowest BCUT2D eigenvalue weighted by atomic mass is 10.1. The van der Waals surface area contributed by atoms with Gasteiger partial charge in [0.2, 0.25) is 0 Å². The number of ether oxygens (including phenoxy) is 2. The first-order chi connectivity index (χ1) is 10.0. The summed E-state index contributed by atoms with van der Waals surface area (Å²) in [5.74, 6) is 1.25. The van der Waals surface area contributed by atoms with Crippen LogP contribution in [0.2, 0.25) is 10.0 Å². The van der Waals surface area contributed by atoms with Crippen LogP contribution in [0, 0.1) is 6.92 Å². The number of anilines is 1. The molecule has 2 aromatic rings. The van der Waals surface area contributed by atoms with Gasteiger partial charge in [-0.15, -0.1) is 0 Å². The summed E-state index contributed by atoms with van der Waals surface area (Å²) < 4.78 is 10.6. The summed E-state index contributed by atoms with van der Waals surface area (Å²) in [4.78, 5) is 0. The average molecular weight is 326 g/mol. The van der Waals surface area contributed by atoms with Crippen molar-refractivity contribution in [2.24, 2.45) is 0 Å². The Labute approximate surface area is 134 Å². The van der Waals surface area contributed by atoms with E-state index in [1.54, 1.807) is 20.3 Å². The standard InChI is InChI=1S/C16H17Cl2NO2/c1-10-4-5-11(12(17)6-10)9-19-14-8-15(20-2)13(18)7-16(14)21-3/h4-8,19H,9H2,1-3H3. The second-order valence-electron chi connectivity index (χ2n) is 4.64. The Morgan fingerprint density at radius 2 is 1.67 bits per heavy atom. The van der Waals surface area contributed by atoms with Gasteiger partial charge in [-0.3, -0.25) is 0 Å². The molecule has 0 unspecified atom stereocenters. The molecule has 0 aliphatic rings. The zero-order valence-corrected chi connectivity index (χ0v) is 13.7. The Morgan fingerprint density at radius 1 is 0.952 bits per heavy atom. The van der Waals surface area contributed by atoms with Gasteiger partial charge in [-0.25, -0.2) is 0 Å². The number of aryl methyl sites for hydroxylation is 1. The minimum atomic E-state index is 0.508. The third-order valence-electron chi connectivity index (χ3n) is 3.15. The number of nitrogens with one attached hydrogen (secondary N) is 1. The molecule has 0 aromatic heterocycles. The molecule has 2 rings (SSSR count).